The van der Waals surface area contributed by atoms with Crippen LogP contribution in [0.5, 0.6) is 0 Å². The second-order valence-corrected chi connectivity index (χ2v) is 2.42. The number of aliphatic hydroxyl groups excluding tert-OH is 1. The first-order chi connectivity index (χ1) is 5.37. The average Bonchev–Trinajstić information content (AvgIpc) is 1.86. The molecule has 0 radical (unpaired) electrons. The van der Waals surface area contributed by atoms with Crippen LogP contribution in [0.4, 0.5) is 17.6 Å². The maximum absolute atomic E-state index is 12.4. The fraction of sp³-hybridized carbons (Fsp3) is 1.00. The minimum absolute atomic E-state index is 0.506. The molecule has 0 heterocycles. The van der Waals surface area contributed by atoms with Gasteiger partial charge in [0.25, 0.3) is 0 Å². The van der Waals surface area contributed by atoms with Gasteiger partial charge in [-0.05, 0) is 6.54 Å². The summed E-state index contributed by atoms with van der Waals surface area (Å²) in [4.78, 5) is 0. The van der Waals surface area contributed by atoms with E-state index >= 15 is 0 Å². The highest BCUT2D eigenvalue weighted by Crippen LogP contribution is 2.38. The highest BCUT2D eigenvalue weighted by molar-refractivity contribution is 4.84. The molecular weight excluding hydrogens is 178 g/mol. The molecule has 0 aliphatic carbocycles. The summed E-state index contributed by atoms with van der Waals surface area (Å²) in [7, 11) is 0. The smallest absolute Gasteiger partial charge is 0.312 e. The molecule has 0 aromatic heterocycles. The predicted octanol–water partition coefficient (Wildman–Crippen LogP) is 0.988. The number of rotatable bonds is 5. The van der Waals surface area contributed by atoms with Crippen LogP contribution in [0.15, 0.2) is 0 Å². The number of alkyl halides is 4. The highest BCUT2D eigenvalue weighted by Gasteiger charge is 2.54. The number of hydrogen-bond acceptors (Lipinski definition) is 2. The van der Waals surface area contributed by atoms with Gasteiger partial charge in [0.05, 0.1) is 0 Å². The summed E-state index contributed by atoms with van der Waals surface area (Å²) >= 11 is 0. The maximum Gasteiger partial charge on any atom is 0.312 e. The Morgan fingerprint density at radius 1 is 1.00 bits per heavy atom. The van der Waals surface area contributed by atoms with Crippen molar-refractivity contribution in [3.63, 3.8) is 0 Å². The van der Waals surface area contributed by atoms with E-state index in [1.54, 1.807) is 0 Å². The predicted molar refractivity (Wildman–Crippen MR) is 35.3 cm³/mol. The normalized spacial score (nSPS) is 13.5. The van der Waals surface area contributed by atoms with Gasteiger partial charge in [0.1, 0.15) is 0 Å². The van der Waals surface area contributed by atoms with Gasteiger partial charge in [-0.1, -0.05) is 0 Å². The minimum atomic E-state index is -4.17. The third-order valence-corrected chi connectivity index (χ3v) is 1.42. The van der Waals surface area contributed by atoms with Gasteiger partial charge in [0.15, 0.2) is 0 Å². The molecule has 0 saturated carbocycles. The topological polar surface area (TPSA) is 46.2 Å². The fourth-order valence-electron chi connectivity index (χ4n) is 0.687. The van der Waals surface area contributed by atoms with Gasteiger partial charge in [-0.25, -0.2) is 0 Å². The van der Waals surface area contributed by atoms with Gasteiger partial charge < -0.3 is 10.8 Å². The fourth-order valence-corrected chi connectivity index (χ4v) is 0.687. The van der Waals surface area contributed by atoms with Crippen LogP contribution in [0.3, 0.4) is 0 Å². The molecule has 0 atom stereocenters. The Hall–Kier alpha value is -0.360. The van der Waals surface area contributed by atoms with Crippen molar-refractivity contribution in [1.29, 1.82) is 0 Å². The molecule has 0 spiro atoms. The van der Waals surface area contributed by atoms with E-state index < -0.39 is 37.8 Å². The number of nitrogens with two attached hydrogens (primary N) is 1. The van der Waals surface area contributed by atoms with Crippen molar-refractivity contribution in [3.05, 3.63) is 0 Å². The zero-order valence-corrected chi connectivity index (χ0v) is 6.36. The van der Waals surface area contributed by atoms with Gasteiger partial charge in [0.2, 0.25) is 0 Å². The molecule has 0 aliphatic rings. The van der Waals surface area contributed by atoms with Gasteiger partial charge in [-0.15, -0.1) is 0 Å². The van der Waals surface area contributed by atoms with Crippen LogP contribution in [0.1, 0.15) is 12.8 Å². The summed E-state index contributed by atoms with van der Waals surface area (Å²) in [5.74, 6) is -8.29. The van der Waals surface area contributed by atoms with Gasteiger partial charge in [-0.2, -0.15) is 17.6 Å². The van der Waals surface area contributed by atoms with Crippen LogP contribution in [-0.2, 0) is 0 Å². The summed E-state index contributed by atoms with van der Waals surface area (Å²) in [5, 5.41) is 8.09. The van der Waals surface area contributed by atoms with Crippen LogP contribution in [0.2, 0.25) is 0 Å². The zero-order valence-electron chi connectivity index (χ0n) is 6.36. The van der Waals surface area contributed by atoms with E-state index in [0.29, 0.717) is 0 Å². The Morgan fingerprint density at radius 3 is 1.75 bits per heavy atom. The first-order valence-corrected chi connectivity index (χ1v) is 3.44. The Kier molecular flexibility index (Phi) is 3.92. The number of halogens is 4. The molecule has 0 aromatic carbocycles. The van der Waals surface area contributed by atoms with Crippen molar-refractivity contribution in [2.24, 2.45) is 5.73 Å². The molecule has 0 bridgehead atoms. The molecule has 0 aromatic rings. The van der Waals surface area contributed by atoms with E-state index in [1.165, 1.54) is 0 Å². The lowest BCUT2D eigenvalue weighted by Gasteiger charge is -2.25. The van der Waals surface area contributed by atoms with Crippen LogP contribution >= 0.6 is 0 Å². The van der Waals surface area contributed by atoms with Crippen molar-refractivity contribution in [2.75, 3.05) is 13.2 Å². The highest BCUT2D eigenvalue weighted by atomic mass is 19.3. The molecule has 6 heteroatoms. The van der Waals surface area contributed by atoms with Crippen LogP contribution in [-0.4, -0.2) is 30.1 Å². The Bertz CT molecular complexity index is 124. The summed E-state index contributed by atoms with van der Waals surface area (Å²) in [5.41, 5.74) is 4.73. The van der Waals surface area contributed by atoms with Gasteiger partial charge >= 0.3 is 11.8 Å². The summed E-state index contributed by atoms with van der Waals surface area (Å²) in [6.45, 7) is -1.47. The second kappa shape index (κ2) is 4.04. The minimum Gasteiger partial charge on any atom is -0.396 e. The quantitative estimate of drug-likeness (QED) is 0.633. The molecule has 0 amide bonds. The van der Waals surface area contributed by atoms with Gasteiger partial charge in [-0.3, -0.25) is 0 Å². The average molecular weight is 189 g/mol. The summed E-state index contributed by atoms with van der Waals surface area (Å²) in [6, 6.07) is 0. The van der Waals surface area contributed by atoms with E-state index in [9.17, 15) is 17.6 Å². The lowest BCUT2D eigenvalue weighted by Crippen LogP contribution is -2.42. The number of aliphatic hydroxyl groups is 1. The second-order valence-electron chi connectivity index (χ2n) is 2.42. The first kappa shape index (κ1) is 11.6. The van der Waals surface area contributed by atoms with E-state index in [4.69, 9.17) is 10.8 Å². The van der Waals surface area contributed by atoms with Crippen LogP contribution in [0, 0.1) is 0 Å². The van der Waals surface area contributed by atoms with Crippen LogP contribution < -0.4 is 5.73 Å². The first-order valence-electron chi connectivity index (χ1n) is 3.44. The monoisotopic (exact) mass is 189 g/mol. The molecule has 0 rings (SSSR count). The Balaban J connectivity index is 4.28. The molecule has 3 N–H and O–H groups in total. The molecule has 0 saturated heterocycles. The molecule has 2 nitrogen and oxygen atoms in total. The molecule has 0 fully saturated rings. The lowest BCUT2D eigenvalue weighted by atomic mass is 10.1. The van der Waals surface area contributed by atoms with Crippen molar-refractivity contribution < 1.29 is 22.7 Å². The molecule has 0 aliphatic heterocycles. The molecule has 12 heavy (non-hydrogen) atoms. The van der Waals surface area contributed by atoms with Crippen molar-refractivity contribution in [1.82, 2.24) is 0 Å². The molecule has 74 valence electrons. The van der Waals surface area contributed by atoms with E-state index in [2.05, 4.69) is 0 Å². The molecule has 0 unspecified atom stereocenters. The van der Waals surface area contributed by atoms with E-state index in [0.717, 1.165) is 0 Å². The van der Waals surface area contributed by atoms with E-state index in [1.807, 2.05) is 0 Å². The summed E-state index contributed by atoms with van der Waals surface area (Å²) < 4.78 is 49.7. The number of hydrogen-bond donors (Lipinski definition) is 2. The van der Waals surface area contributed by atoms with Crippen molar-refractivity contribution >= 4 is 0 Å². The summed E-state index contributed by atoms with van der Waals surface area (Å²) in [6.07, 6.45) is -2.31. The Labute approximate surface area is 67.4 Å². The molecular formula is C6H11F4NO. The van der Waals surface area contributed by atoms with Gasteiger partial charge in [0, 0.05) is 19.4 Å². The van der Waals surface area contributed by atoms with Crippen molar-refractivity contribution in [2.45, 2.75) is 24.7 Å². The standard InChI is InChI=1S/C6H11F4NO/c7-5(8,1-3-11)6(9,10)2-4-12/h12H,1-4,11H2. The third-order valence-electron chi connectivity index (χ3n) is 1.42. The lowest BCUT2D eigenvalue weighted by molar-refractivity contribution is -0.216. The Morgan fingerprint density at radius 2 is 1.42 bits per heavy atom. The SMILES string of the molecule is NCCC(F)(F)C(F)(F)CCO. The van der Waals surface area contributed by atoms with Crippen molar-refractivity contribution in [3.8, 4) is 0 Å². The third kappa shape index (κ3) is 2.60. The zero-order chi connectivity index (χ0) is 9.83. The van der Waals surface area contributed by atoms with E-state index in [-0.39, 0.29) is 0 Å². The largest absolute Gasteiger partial charge is 0.396 e. The van der Waals surface area contributed by atoms with Crippen LogP contribution in [0.25, 0.3) is 0 Å². The maximum atomic E-state index is 12.4.